The van der Waals surface area contributed by atoms with E-state index in [4.69, 9.17) is 9.40 Å². The summed E-state index contributed by atoms with van der Waals surface area (Å²) in [5, 5.41) is 6.97. The molecule has 210 valence electrons. The molecule has 0 aliphatic heterocycles. The van der Waals surface area contributed by atoms with Gasteiger partial charge in [0.15, 0.2) is 0 Å². The molecule has 0 aliphatic rings. The number of furan rings is 1. The summed E-state index contributed by atoms with van der Waals surface area (Å²) in [6, 6.07) is 42.9. The minimum Gasteiger partial charge on any atom is -0.456 e. The van der Waals surface area contributed by atoms with Crippen molar-refractivity contribution in [2.45, 2.75) is 0 Å². The van der Waals surface area contributed by atoms with Crippen LogP contribution in [0.15, 0.2) is 151 Å². The lowest BCUT2D eigenvalue weighted by Crippen LogP contribution is -1.95. The molecule has 10 rings (SSSR count). The third-order valence-corrected chi connectivity index (χ3v) is 9.08. The number of fused-ring (bicyclic) bond motifs is 9. The van der Waals surface area contributed by atoms with Crippen molar-refractivity contribution in [2.24, 2.45) is 0 Å². The van der Waals surface area contributed by atoms with Crippen LogP contribution in [-0.4, -0.2) is 19.1 Å². The molecule has 5 aromatic carbocycles. The summed E-state index contributed by atoms with van der Waals surface area (Å²) in [7, 11) is 0. The molecule has 0 saturated heterocycles. The smallest absolute Gasteiger partial charge is 0.135 e. The molecule has 0 bridgehead atoms. The van der Waals surface area contributed by atoms with Gasteiger partial charge in [-0.05, 0) is 66.2 Å². The molecular formula is C40H24N4O. The lowest BCUT2D eigenvalue weighted by Gasteiger charge is -2.10. The highest BCUT2D eigenvalue weighted by atomic mass is 16.3. The predicted octanol–water partition coefficient (Wildman–Crippen LogP) is 10.2. The molecule has 0 radical (unpaired) electrons. The van der Waals surface area contributed by atoms with Gasteiger partial charge in [-0.1, -0.05) is 60.7 Å². The Balaban J connectivity index is 1.15. The van der Waals surface area contributed by atoms with Crippen LogP contribution >= 0.6 is 0 Å². The van der Waals surface area contributed by atoms with E-state index in [1.54, 1.807) is 0 Å². The first-order chi connectivity index (χ1) is 22.3. The third kappa shape index (κ3) is 3.49. The van der Waals surface area contributed by atoms with Gasteiger partial charge in [0.1, 0.15) is 11.2 Å². The van der Waals surface area contributed by atoms with Gasteiger partial charge in [0, 0.05) is 62.2 Å². The summed E-state index contributed by atoms with van der Waals surface area (Å²) >= 11 is 0. The highest BCUT2D eigenvalue weighted by Gasteiger charge is 2.16. The molecule has 45 heavy (non-hydrogen) atoms. The van der Waals surface area contributed by atoms with Gasteiger partial charge in [-0.3, -0.25) is 9.97 Å². The minimum absolute atomic E-state index is 0.868. The first-order valence-electron chi connectivity index (χ1n) is 15.1. The third-order valence-electron chi connectivity index (χ3n) is 9.08. The molecule has 5 aromatic heterocycles. The zero-order valence-corrected chi connectivity index (χ0v) is 24.1. The molecule has 10 aromatic rings. The van der Waals surface area contributed by atoms with E-state index >= 15 is 0 Å². The largest absolute Gasteiger partial charge is 0.456 e. The molecule has 0 aliphatic carbocycles. The van der Waals surface area contributed by atoms with Crippen LogP contribution in [0.4, 0.5) is 0 Å². The van der Waals surface area contributed by atoms with Gasteiger partial charge in [0.25, 0.3) is 0 Å². The fourth-order valence-corrected chi connectivity index (χ4v) is 7.09. The SMILES string of the molecule is c1ccc2c(c1)c1ccccc1n2-c1ccc2oc3ccc(-c4cncc(-n5c6ccccc6c6cnccc65)c4)cc3c2c1. The van der Waals surface area contributed by atoms with Crippen LogP contribution in [0.2, 0.25) is 0 Å². The van der Waals surface area contributed by atoms with Gasteiger partial charge in [0.05, 0.1) is 34.0 Å². The molecule has 0 amide bonds. The summed E-state index contributed by atoms with van der Waals surface area (Å²) in [5.41, 5.74) is 10.6. The van der Waals surface area contributed by atoms with Crippen molar-refractivity contribution < 1.29 is 4.42 Å². The quantitative estimate of drug-likeness (QED) is 0.210. The van der Waals surface area contributed by atoms with Crippen LogP contribution in [0, 0.1) is 0 Å². The predicted molar refractivity (Wildman–Crippen MR) is 183 cm³/mol. The number of para-hydroxylation sites is 3. The normalized spacial score (nSPS) is 12.0. The van der Waals surface area contributed by atoms with Crippen molar-refractivity contribution in [2.75, 3.05) is 0 Å². The molecule has 0 unspecified atom stereocenters. The van der Waals surface area contributed by atoms with E-state index in [0.717, 1.165) is 60.9 Å². The Kier molecular flexibility index (Phi) is 4.93. The number of hydrogen-bond acceptors (Lipinski definition) is 3. The second kappa shape index (κ2) is 9.15. The summed E-state index contributed by atoms with van der Waals surface area (Å²) in [5.74, 6) is 0. The number of benzene rings is 5. The number of rotatable bonds is 3. The van der Waals surface area contributed by atoms with Crippen LogP contribution in [0.3, 0.4) is 0 Å². The van der Waals surface area contributed by atoms with Crippen molar-refractivity contribution in [1.82, 2.24) is 19.1 Å². The number of hydrogen-bond donors (Lipinski definition) is 0. The summed E-state index contributed by atoms with van der Waals surface area (Å²) < 4.78 is 11.0. The first-order valence-corrected chi connectivity index (χ1v) is 15.1. The maximum Gasteiger partial charge on any atom is 0.135 e. The number of nitrogens with zero attached hydrogens (tertiary/aromatic N) is 4. The van der Waals surface area contributed by atoms with Crippen LogP contribution in [0.1, 0.15) is 0 Å². The van der Waals surface area contributed by atoms with E-state index in [1.165, 1.54) is 27.2 Å². The second-order valence-corrected chi connectivity index (χ2v) is 11.5. The van der Waals surface area contributed by atoms with Crippen molar-refractivity contribution in [1.29, 1.82) is 0 Å². The molecule has 0 saturated carbocycles. The summed E-state index contributed by atoms with van der Waals surface area (Å²) in [6.45, 7) is 0. The Hall–Kier alpha value is -6.20. The van der Waals surface area contributed by atoms with Gasteiger partial charge in [-0.25, -0.2) is 0 Å². The maximum absolute atomic E-state index is 6.33. The molecule has 5 heterocycles. The van der Waals surface area contributed by atoms with Gasteiger partial charge >= 0.3 is 0 Å². The second-order valence-electron chi connectivity index (χ2n) is 11.5. The lowest BCUT2D eigenvalue weighted by molar-refractivity contribution is 0.669. The van der Waals surface area contributed by atoms with Crippen LogP contribution in [0.25, 0.3) is 88.1 Å². The molecule has 0 atom stereocenters. The van der Waals surface area contributed by atoms with Crippen molar-refractivity contribution in [3.8, 4) is 22.5 Å². The fraction of sp³-hybridized carbons (Fsp3) is 0. The standard InChI is InChI=1S/C40H24N4O/c1-4-10-35-29(7-1)30-8-2-5-11-36(30)43(35)27-14-16-40-33(21-27)32-20-25(13-15-39(32)45-40)26-19-28(23-42-22-26)44-37-12-6-3-9-31(37)34-24-41-18-17-38(34)44/h1-24H. The van der Waals surface area contributed by atoms with Crippen LogP contribution in [-0.2, 0) is 0 Å². The average Bonchev–Trinajstić information content (AvgIpc) is 3.75. The Morgan fingerprint density at radius 2 is 1.00 bits per heavy atom. The number of pyridine rings is 2. The van der Waals surface area contributed by atoms with Crippen molar-refractivity contribution in [3.63, 3.8) is 0 Å². The fourth-order valence-electron chi connectivity index (χ4n) is 7.09. The molecular weight excluding hydrogens is 552 g/mol. The van der Waals surface area contributed by atoms with E-state index in [0.29, 0.717) is 0 Å². The topological polar surface area (TPSA) is 48.8 Å². The summed E-state index contributed by atoms with van der Waals surface area (Å²) in [4.78, 5) is 9.10. The van der Waals surface area contributed by atoms with Gasteiger partial charge in [0.2, 0.25) is 0 Å². The van der Waals surface area contributed by atoms with E-state index in [2.05, 4.69) is 135 Å². The van der Waals surface area contributed by atoms with E-state index in [1.807, 2.05) is 24.8 Å². The molecule has 0 spiro atoms. The Bertz CT molecular complexity index is 2670. The molecule has 5 heteroatoms. The zero-order chi connectivity index (χ0) is 29.5. The summed E-state index contributed by atoms with van der Waals surface area (Å²) in [6.07, 6.45) is 7.66. The van der Waals surface area contributed by atoms with Crippen molar-refractivity contribution >= 4 is 65.6 Å². The van der Waals surface area contributed by atoms with Gasteiger partial charge < -0.3 is 13.6 Å². The Morgan fingerprint density at radius 3 is 1.73 bits per heavy atom. The number of aromatic nitrogens is 4. The van der Waals surface area contributed by atoms with Crippen LogP contribution in [0.5, 0.6) is 0 Å². The Morgan fingerprint density at radius 1 is 0.400 bits per heavy atom. The molecule has 5 nitrogen and oxygen atoms in total. The van der Waals surface area contributed by atoms with Crippen LogP contribution < -0.4 is 0 Å². The highest BCUT2D eigenvalue weighted by molar-refractivity contribution is 6.11. The highest BCUT2D eigenvalue weighted by Crippen LogP contribution is 2.37. The van der Waals surface area contributed by atoms with E-state index in [9.17, 15) is 0 Å². The average molecular weight is 577 g/mol. The monoisotopic (exact) mass is 576 g/mol. The van der Waals surface area contributed by atoms with E-state index < -0.39 is 0 Å². The molecule has 0 fully saturated rings. The van der Waals surface area contributed by atoms with Gasteiger partial charge in [-0.15, -0.1) is 0 Å². The first kappa shape index (κ1) is 24.3. The van der Waals surface area contributed by atoms with E-state index in [-0.39, 0.29) is 0 Å². The maximum atomic E-state index is 6.33. The zero-order valence-electron chi connectivity index (χ0n) is 24.1. The van der Waals surface area contributed by atoms with Crippen molar-refractivity contribution in [3.05, 3.63) is 146 Å². The minimum atomic E-state index is 0.868. The lowest BCUT2D eigenvalue weighted by atomic mass is 10.0. The molecule has 0 N–H and O–H groups in total. The van der Waals surface area contributed by atoms with Gasteiger partial charge in [-0.2, -0.15) is 0 Å². The Labute approximate surface area is 257 Å².